The van der Waals surface area contributed by atoms with Crippen molar-refractivity contribution < 1.29 is 19.2 Å². The maximum absolute atomic E-state index is 11.8. The molecule has 0 aromatic heterocycles. The fraction of sp³-hybridized carbons (Fsp3) is 0.731. The highest BCUT2D eigenvalue weighted by Gasteiger charge is 2.64. The molecule has 0 heterocycles. The number of carbonyl (C=O) groups is 2. The standard InChI is InChI=1S/C26H35NO4/c1-6-26(30-17(4)28)14-12-23-22-9-7-18-15-19(27-31-24(29)16(2)3)8-10-20(18)21(22)11-13-25(23,26)5/h1,15-16,20-23H,7-14H2,2-5H3/b27-19-/t20-,21?,22?,23?,25-,26+/m0/s1. The second kappa shape index (κ2) is 8.11. The maximum Gasteiger partial charge on any atom is 0.337 e. The Balaban J connectivity index is 1.52. The van der Waals surface area contributed by atoms with E-state index in [2.05, 4.69) is 24.1 Å². The molecular weight excluding hydrogens is 390 g/mol. The number of terminal acetylenes is 1. The lowest BCUT2D eigenvalue weighted by atomic mass is 9.50. The summed E-state index contributed by atoms with van der Waals surface area (Å²) in [4.78, 5) is 28.7. The molecule has 31 heavy (non-hydrogen) atoms. The fourth-order valence-corrected chi connectivity index (χ4v) is 7.15. The summed E-state index contributed by atoms with van der Waals surface area (Å²) in [5.41, 5.74) is 1.47. The van der Waals surface area contributed by atoms with Crippen LogP contribution < -0.4 is 0 Å². The van der Waals surface area contributed by atoms with Crippen LogP contribution in [0.3, 0.4) is 0 Å². The van der Waals surface area contributed by atoms with E-state index in [1.807, 2.05) is 13.8 Å². The van der Waals surface area contributed by atoms with E-state index in [1.165, 1.54) is 12.5 Å². The zero-order valence-corrected chi connectivity index (χ0v) is 19.3. The Labute approximate surface area is 186 Å². The SMILES string of the molecule is C#C[C@@]1(OC(C)=O)CCC2C3CCC4=C/C(=N\OC(=O)C(C)C)CC[C@@H]4C3CC[C@@]21C. The van der Waals surface area contributed by atoms with Gasteiger partial charge in [0.2, 0.25) is 0 Å². The maximum atomic E-state index is 11.8. The molecule has 168 valence electrons. The molecule has 0 aromatic rings. The predicted molar refractivity (Wildman–Crippen MR) is 119 cm³/mol. The van der Waals surface area contributed by atoms with Gasteiger partial charge in [-0.05, 0) is 81.1 Å². The van der Waals surface area contributed by atoms with Crippen LogP contribution in [0.15, 0.2) is 16.8 Å². The molecule has 4 aliphatic rings. The Morgan fingerprint density at radius 2 is 1.94 bits per heavy atom. The minimum Gasteiger partial charge on any atom is -0.445 e. The van der Waals surface area contributed by atoms with E-state index in [1.54, 1.807) is 0 Å². The van der Waals surface area contributed by atoms with E-state index in [0.29, 0.717) is 23.7 Å². The summed E-state index contributed by atoms with van der Waals surface area (Å²) in [5.74, 6) is 4.57. The molecule has 0 radical (unpaired) electrons. The Hall–Kier alpha value is -2.09. The first-order chi connectivity index (χ1) is 14.7. The summed E-state index contributed by atoms with van der Waals surface area (Å²) >= 11 is 0. The van der Waals surface area contributed by atoms with Gasteiger partial charge in [-0.15, -0.1) is 6.42 Å². The molecule has 5 heteroatoms. The molecule has 3 saturated carbocycles. The number of carbonyl (C=O) groups excluding carboxylic acids is 2. The summed E-state index contributed by atoms with van der Waals surface area (Å²) in [6.07, 6.45) is 16.2. The number of nitrogens with zero attached hydrogens (tertiary/aromatic N) is 1. The zero-order valence-electron chi connectivity index (χ0n) is 19.3. The van der Waals surface area contributed by atoms with Crippen LogP contribution in [0.2, 0.25) is 0 Å². The van der Waals surface area contributed by atoms with Crippen molar-refractivity contribution in [2.45, 2.75) is 84.7 Å². The van der Waals surface area contributed by atoms with Crippen LogP contribution in [-0.4, -0.2) is 23.3 Å². The molecule has 0 bridgehead atoms. The lowest BCUT2D eigenvalue weighted by Crippen LogP contribution is -2.53. The fourth-order valence-electron chi connectivity index (χ4n) is 7.15. The number of ether oxygens (including phenoxy) is 1. The van der Waals surface area contributed by atoms with Crippen molar-refractivity contribution >= 4 is 17.7 Å². The topological polar surface area (TPSA) is 65.0 Å². The summed E-state index contributed by atoms with van der Waals surface area (Å²) in [7, 11) is 0. The predicted octanol–water partition coefficient (Wildman–Crippen LogP) is 5.05. The van der Waals surface area contributed by atoms with Gasteiger partial charge in [-0.2, -0.15) is 0 Å². The number of hydrogen-bond acceptors (Lipinski definition) is 5. The van der Waals surface area contributed by atoms with Gasteiger partial charge in [0, 0.05) is 12.3 Å². The molecule has 3 unspecified atom stereocenters. The van der Waals surface area contributed by atoms with Crippen molar-refractivity contribution in [2.24, 2.45) is 40.2 Å². The molecule has 0 N–H and O–H groups in total. The average molecular weight is 426 g/mol. The van der Waals surface area contributed by atoms with Gasteiger partial charge in [-0.3, -0.25) is 4.79 Å². The van der Waals surface area contributed by atoms with Crippen molar-refractivity contribution in [3.8, 4) is 12.3 Å². The van der Waals surface area contributed by atoms with Crippen molar-refractivity contribution in [3.05, 3.63) is 11.6 Å². The molecule has 6 atom stereocenters. The number of fused-ring (bicyclic) bond motifs is 5. The summed E-state index contributed by atoms with van der Waals surface area (Å²) in [6.45, 7) is 7.37. The molecule has 0 amide bonds. The van der Waals surface area contributed by atoms with Crippen LogP contribution >= 0.6 is 0 Å². The third-order valence-electron chi connectivity index (χ3n) is 8.71. The number of allylic oxidation sites excluding steroid dienone is 2. The first-order valence-corrected chi connectivity index (χ1v) is 11.9. The lowest BCUT2D eigenvalue weighted by Gasteiger charge is -2.55. The number of rotatable bonds is 3. The van der Waals surface area contributed by atoms with Crippen LogP contribution in [0.25, 0.3) is 0 Å². The normalized spacial score (nSPS) is 40.3. The first-order valence-electron chi connectivity index (χ1n) is 11.9. The van der Waals surface area contributed by atoms with Crippen LogP contribution in [0.1, 0.15) is 79.1 Å². The largest absolute Gasteiger partial charge is 0.445 e. The van der Waals surface area contributed by atoms with Crippen LogP contribution in [0.4, 0.5) is 0 Å². The Kier molecular flexibility index (Phi) is 5.79. The summed E-state index contributed by atoms with van der Waals surface area (Å²) in [6, 6.07) is 0. The van der Waals surface area contributed by atoms with Crippen molar-refractivity contribution in [2.75, 3.05) is 0 Å². The molecule has 4 rings (SSSR count). The van der Waals surface area contributed by atoms with Crippen molar-refractivity contribution in [1.29, 1.82) is 0 Å². The summed E-state index contributed by atoms with van der Waals surface area (Å²) in [5, 5.41) is 4.14. The molecule has 0 aromatic carbocycles. The van der Waals surface area contributed by atoms with E-state index in [4.69, 9.17) is 16.0 Å². The van der Waals surface area contributed by atoms with Gasteiger partial charge >= 0.3 is 11.9 Å². The molecule has 3 fully saturated rings. The van der Waals surface area contributed by atoms with E-state index in [-0.39, 0.29) is 23.3 Å². The van der Waals surface area contributed by atoms with Gasteiger partial charge in [0.1, 0.15) is 0 Å². The Morgan fingerprint density at radius 3 is 2.61 bits per heavy atom. The van der Waals surface area contributed by atoms with E-state index >= 15 is 0 Å². The Morgan fingerprint density at radius 1 is 1.16 bits per heavy atom. The smallest absolute Gasteiger partial charge is 0.337 e. The second-order valence-electron chi connectivity index (χ2n) is 10.5. The highest BCUT2D eigenvalue weighted by Crippen LogP contribution is 2.65. The van der Waals surface area contributed by atoms with Crippen LogP contribution in [0.5, 0.6) is 0 Å². The Bertz CT molecular complexity index is 865. The molecule has 5 nitrogen and oxygen atoms in total. The lowest BCUT2D eigenvalue weighted by molar-refractivity contribution is -0.167. The molecule has 0 aliphatic heterocycles. The monoisotopic (exact) mass is 425 g/mol. The van der Waals surface area contributed by atoms with Crippen LogP contribution in [0, 0.1) is 47.3 Å². The third kappa shape index (κ3) is 3.62. The molecule has 0 spiro atoms. The van der Waals surface area contributed by atoms with E-state index in [0.717, 1.165) is 57.1 Å². The summed E-state index contributed by atoms with van der Waals surface area (Å²) < 4.78 is 5.84. The minimum absolute atomic E-state index is 0.137. The highest BCUT2D eigenvalue weighted by molar-refractivity contribution is 5.96. The van der Waals surface area contributed by atoms with Crippen LogP contribution in [-0.2, 0) is 19.2 Å². The first kappa shape index (κ1) is 22.1. The second-order valence-corrected chi connectivity index (χ2v) is 10.5. The number of hydrogen-bond donors (Lipinski definition) is 0. The van der Waals surface area contributed by atoms with Crippen molar-refractivity contribution in [1.82, 2.24) is 0 Å². The van der Waals surface area contributed by atoms with Gasteiger partial charge in [0.15, 0.2) is 5.60 Å². The molecule has 4 aliphatic carbocycles. The van der Waals surface area contributed by atoms with Gasteiger partial charge in [0.05, 0.1) is 11.6 Å². The minimum atomic E-state index is -0.753. The zero-order chi connectivity index (χ0) is 22.4. The number of esters is 1. The van der Waals surface area contributed by atoms with Gasteiger partial charge < -0.3 is 9.57 Å². The number of oxime groups is 1. The quantitative estimate of drug-likeness (QED) is 0.275. The van der Waals surface area contributed by atoms with Gasteiger partial charge in [-0.1, -0.05) is 37.4 Å². The third-order valence-corrected chi connectivity index (χ3v) is 8.71. The van der Waals surface area contributed by atoms with E-state index < -0.39 is 5.60 Å². The highest BCUT2D eigenvalue weighted by atomic mass is 16.7. The average Bonchev–Trinajstić information content (AvgIpc) is 3.03. The molecule has 0 saturated heterocycles. The van der Waals surface area contributed by atoms with Gasteiger partial charge in [-0.25, -0.2) is 4.79 Å². The van der Waals surface area contributed by atoms with Gasteiger partial charge in [0.25, 0.3) is 0 Å². The van der Waals surface area contributed by atoms with E-state index in [9.17, 15) is 9.59 Å². The van der Waals surface area contributed by atoms with Crippen molar-refractivity contribution in [3.63, 3.8) is 0 Å². The molecular formula is C26H35NO4.